The molecular weight excluding hydrogens is 180 g/mol. The Hall–Kier alpha value is -1.36. The van der Waals surface area contributed by atoms with Crippen LogP contribution in [0.1, 0.15) is 23.2 Å². The lowest BCUT2D eigenvalue weighted by Gasteiger charge is -2.09. The highest BCUT2D eigenvalue weighted by molar-refractivity contribution is 5.92. The van der Waals surface area contributed by atoms with E-state index in [9.17, 15) is 4.79 Å². The van der Waals surface area contributed by atoms with E-state index in [0.717, 1.165) is 13.1 Å². The van der Waals surface area contributed by atoms with Crippen LogP contribution < -0.4 is 11.1 Å². The van der Waals surface area contributed by atoms with Crippen molar-refractivity contribution in [2.75, 3.05) is 6.54 Å². The monoisotopic (exact) mass is 194 g/mol. The van der Waals surface area contributed by atoms with Crippen LogP contribution in [0.4, 0.5) is 0 Å². The lowest BCUT2D eigenvalue weighted by atomic mass is 10.2. The molecule has 14 heavy (non-hydrogen) atoms. The van der Waals surface area contributed by atoms with Gasteiger partial charge in [0.15, 0.2) is 0 Å². The summed E-state index contributed by atoms with van der Waals surface area (Å²) in [6.45, 7) is 1.89. The molecule has 0 bridgehead atoms. The van der Waals surface area contributed by atoms with E-state index in [0.29, 0.717) is 11.6 Å². The van der Waals surface area contributed by atoms with Crippen LogP contribution in [0.25, 0.3) is 0 Å². The van der Waals surface area contributed by atoms with Gasteiger partial charge in [0, 0.05) is 12.2 Å². The van der Waals surface area contributed by atoms with E-state index in [-0.39, 0.29) is 0 Å². The first-order valence-electron chi connectivity index (χ1n) is 4.81. The summed E-state index contributed by atoms with van der Waals surface area (Å²) in [5.41, 5.74) is 5.60. The van der Waals surface area contributed by atoms with Gasteiger partial charge in [0.2, 0.25) is 0 Å². The van der Waals surface area contributed by atoms with E-state index in [2.05, 4.69) is 10.4 Å². The fourth-order valence-electron chi connectivity index (χ4n) is 1.73. The molecule has 0 aromatic carbocycles. The van der Waals surface area contributed by atoms with Gasteiger partial charge in [-0.15, -0.1) is 0 Å². The van der Waals surface area contributed by atoms with E-state index in [4.69, 9.17) is 5.73 Å². The number of nitrogens with two attached hydrogens (primary N) is 1. The normalized spacial score (nSPS) is 21.3. The number of carbonyl (C=O) groups is 1. The average Bonchev–Trinajstić information content (AvgIpc) is 2.75. The maximum Gasteiger partial charge on any atom is 0.251 e. The van der Waals surface area contributed by atoms with Crippen molar-refractivity contribution in [3.8, 4) is 0 Å². The van der Waals surface area contributed by atoms with Crippen LogP contribution in [0.2, 0.25) is 0 Å². The highest BCUT2D eigenvalue weighted by Gasteiger charge is 2.15. The first-order valence-corrected chi connectivity index (χ1v) is 4.81. The second-order valence-corrected chi connectivity index (χ2v) is 3.61. The number of hydrogen-bond acceptors (Lipinski definition) is 3. The summed E-state index contributed by atoms with van der Waals surface area (Å²) >= 11 is 0. The number of amides is 1. The molecule has 1 aliphatic heterocycles. The zero-order valence-electron chi connectivity index (χ0n) is 7.94. The highest BCUT2D eigenvalue weighted by Crippen LogP contribution is 2.07. The highest BCUT2D eigenvalue weighted by atomic mass is 16.1. The van der Waals surface area contributed by atoms with Gasteiger partial charge in [0.25, 0.3) is 5.91 Å². The number of aromatic nitrogens is 2. The molecule has 0 aliphatic carbocycles. The van der Waals surface area contributed by atoms with Gasteiger partial charge >= 0.3 is 0 Å². The lowest BCUT2D eigenvalue weighted by Crippen LogP contribution is -2.26. The molecule has 0 saturated carbocycles. The molecule has 1 saturated heterocycles. The summed E-state index contributed by atoms with van der Waals surface area (Å²) in [4.78, 5) is 10.8. The molecule has 1 aromatic rings. The first kappa shape index (κ1) is 9.21. The van der Waals surface area contributed by atoms with Crippen molar-refractivity contribution in [3.63, 3.8) is 0 Å². The van der Waals surface area contributed by atoms with Crippen LogP contribution >= 0.6 is 0 Å². The molecule has 0 unspecified atom stereocenters. The maximum absolute atomic E-state index is 10.8. The zero-order valence-corrected chi connectivity index (χ0v) is 7.94. The Bertz CT molecular complexity index is 327. The van der Waals surface area contributed by atoms with Gasteiger partial charge in [-0.25, -0.2) is 0 Å². The van der Waals surface area contributed by atoms with Crippen molar-refractivity contribution in [1.82, 2.24) is 15.1 Å². The number of rotatable bonds is 3. The van der Waals surface area contributed by atoms with E-state index in [1.807, 2.05) is 0 Å². The Kier molecular flexibility index (Phi) is 2.49. The molecule has 2 rings (SSSR count). The van der Waals surface area contributed by atoms with Crippen molar-refractivity contribution in [2.45, 2.75) is 25.4 Å². The van der Waals surface area contributed by atoms with Crippen LogP contribution in [0.3, 0.4) is 0 Å². The number of hydrogen-bond donors (Lipinski definition) is 2. The minimum absolute atomic E-state index is 0.421. The predicted molar refractivity (Wildman–Crippen MR) is 51.8 cm³/mol. The van der Waals surface area contributed by atoms with Gasteiger partial charge in [-0.3, -0.25) is 9.48 Å². The standard InChI is InChI=1S/C9H14N4O/c10-9(14)7-4-12-13(5-7)6-8-2-1-3-11-8/h4-5,8,11H,1-3,6H2,(H2,10,14)/t8-/m0/s1. The number of nitrogens with zero attached hydrogens (tertiary/aromatic N) is 2. The topological polar surface area (TPSA) is 72.9 Å². The molecule has 0 radical (unpaired) electrons. The van der Waals surface area contributed by atoms with Crippen LogP contribution in [-0.4, -0.2) is 28.3 Å². The third-order valence-electron chi connectivity index (χ3n) is 2.49. The van der Waals surface area contributed by atoms with Crippen LogP contribution in [0.15, 0.2) is 12.4 Å². The molecule has 5 nitrogen and oxygen atoms in total. The van der Waals surface area contributed by atoms with E-state index >= 15 is 0 Å². The van der Waals surface area contributed by atoms with Crippen LogP contribution in [0.5, 0.6) is 0 Å². The Labute approximate surface area is 82.3 Å². The molecule has 1 fully saturated rings. The van der Waals surface area contributed by atoms with Crippen molar-refractivity contribution in [2.24, 2.45) is 5.73 Å². The predicted octanol–water partition coefficient (Wildman–Crippen LogP) is -0.266. The second kappa shape index (κ2) is 3.79. The van der Waals surface area contributed by atoms with Crippen molar-refractivity contribution >= 4 is 5.91 Å². The molecule has 1 aliphatic rings. The fraction of sp³-hybridized carbons (Fsp3) is 0.556. The molecular formula is C9H14N4O. The van der Waals surface area contributed by atoms with Gasteiger partial charge in [-0.2, -0.15) is 5.10 Å². The van der Waals surface area contributed by atoms with Crippen molar-refractivity contribution in [3.05, 3.63) is 18.0 Å². The molecule has 1 aromatic heterocycles. The third kappa shape index (κ3) is 1.93. The van der Waals surface area contributed by atoms with Crippen LogP contribution in [0, 0.1) is 0 Å². The Balaban J connectivity index is 1.98. The zero-order chi connectivity index (χ0) is 9.97. The van der Waals surface area contributed by atoms with E-state index in [1.165, 1.54) is 19.0 Å². The van der Waals surface area contributed by atoms with E-state index < -0.39 is 5.91 Å². The van der Waals surface area contributed by atoms with Gasteiger partial charge in [-0.05, 0) is 19.4 Å². The Morgan fingerprint density at radius 2 is 2.64 bits per heavy atom. The van der Waals surface area contributed by atoms with E-state index in [1.54, 1.807) is 10.9 Å². The van der Waals surface area contributed by atoms with Gasteiger partial charge in [-0.1, -0.05) is 0 Å². The number of carbonyl (C=O) groups excluding carboxylic acids is 1. The van der Waals surface area contributed by atoms with Gasteiger partial charge in [0.05, 0.1) is 18.3 Å². The quantitative estimate of drug-likeness (QED) is 0.696. The van der Waals surface area contributed by atoms with Gasteiger partial charge in [0.1, 0.15) is 0 Å². The second-order valence-electron chi connectivity index (χ2n) is 3.61. The SMILES string of the molecule is NC(=O)c1cnn(C[C@@H]2CCCN2)c1. The summed E-state index contributed by atoms with van der Waals surface area (Å²) in [5.74, 6) is -0.421. The smallest absolute Gasteiger partial charge is 0.251 e. The average molecular weight is 194 g/mol. The van der Waals surface area contributed by atoms with Crippen molar-refractivity contribution < 1.29 is 4.79 Å². The molecule has 0 spiro atoms. The summed E-state index contributed by atoms with van der Waals surface area (Å²) in [6, 6.07) is 0.482. The summed E-state index contributed by atoms with van der Waals surface area (Å²) in [7, 11) is 0. The molecule has 5 heteroatoms. The summed E-state index contributed by atoms with van der Waals surface area (Å²) in [5, 5.41) is 7.44. The summed E-state index contributed by atoms with van der Waals surface area (Å²) in [6.07, 6.45) is 5.60. The Morgan fingerprint density at radius 1 is 1.79 bits per heavy atom. The minimum atomic E-state index is -0.421. The lowest BCUT2D eigenvalue weighted by molar-refractivity contribution is 0.1000. The first-order chi connectivity index (χ1) is 6.75. The third-order valence-corrected chi connectivity index (χ3v) is 2.49. The molecule has 3 N–H and O–H groups in total. The van der Waals surface area contributed by atoms with Crippen molar-refractivity contribution in [1.29, 1.82) is 0 Å². The molecule has 1 amide bonds. The Morgan fingerprint density at radius 3 is 3.21 bits per heavy atom. The molecule has 1 atom stereocenters. The maximum atomic E-state index is 10.8. The van der Waals surface area contributed by atoms with Crippen LogP contribution in [-0.2, 0) is 6.54 Å². The van der Waals surface area contributed by atoms with Gasteiger partial charge < -0.3 is 11.1 Å². The number of nitrogens with one attached hydrogen (secondary N) is 1. The summed E-state index contributed by atoms with van der Waals surface area (Å²) < 4.78 is 1.77. The molecule has 76 valence electrons. The minimum Gasteiger partial charge on any atom is -0.366 e. The largest absolute Gasteiger partial charge is 0.366 e. The molecule has 2 heterocycles. The number of primary amides is 1. The fourth-order valence-corrected chi connectivity index (χ4v) is 1.73.